The number of sulfone groups is 1. The second-order valence-electron chi connectivity index (χ2n) is 4.69. The third-order valence-corrected chi connectivity index (χ3v) is 4.86. The third-order valence-electron chi connectivity index (χ3n) is 3.22. The summed E-state index contributed by atoms with van der Waals surface area (Å²) in [6, 6.07) is 16.5. The van der Waals surface area contributed by atoms with Gasteiger partial charge in [-0.05, 0) is 17.7 Å². The number of hydrogen-bond acceptors (Lipinski definition) is 3. The molecule has 3 aromatic rings. The van der Waals surface area contributed by atoms with Gasteiger partial charge in [-0.3, -0.25) is 0 Å². The number of benzene rings is 2. The number of fused-ring (bicyclic) bond motifs is 1. The predicted molar refractivity (Wildman–Crippen MR) is 78.0 cm³/mol. The molecule has 0 saturated heterocycles. The van der Waals surface area contributed by atoms with E-state index in [0.717, 1.165) is 11.1 Å². The van der Waals surface area contributed by atoms with E-state index in [1.165, 1.54) is 0 Å². The van der Waals surface area contributed by atoms with Crippen LogP contribution in [0.25, 0.3) is 11.0 Å². The van der Waals surface area contributed by atoms with Crippen LogP contribution in [0.5, 0.6) is 0 Å². The van der Waals surface area contributed by atoms with Crippen LogP contribution < -0.4 is 0 Å². The van der Waals surface area contributed by atoms with Gasteiger partial charge in [-0.1, -0.05) is 42.5 Å². The lowest BCUT2D eigenvalue weighted by atomic mass is 10.2. The maximum Gasteiger partial charge on any atom is 0.228 e. The molecule has 5 heteroatoms. The fraction of sp³-hybridized carbons (Fsp3) is 0.133. The van der Waals surface area contributed by atoms with E-state index in [1.807, 2.05) is 42.5 Å². The van der Waals surface area contributed by atoms with Gasteiger partial charge in [-0.2, -0.15) is 0 Å². The first-order chi connectivity index (χ1) is 9.58. The van der Waals surface area contributed by atoms with E-state index >= 15 is 0 Å². The number of aryl methyl sites for hydroxylation is 1. The summed E-state index contributed by atoms with van der Waals surface area (Å²) in [4.78, 5) is 4.26. The molecule has 0 aliphatic rings. The number of aromatic nitrogens is 2. The smallest absolute Gasteiger partial charge is 0.228 e. The molecule has 102 valence electrons. The zero-order chi connectivity index (χ0) is 14.2. The van der Waals surface area contributed by atoms with Gasteiger partial charge in [0, 0.05) is 7.05 Å². The first-order valence-electron chi connectivity index (χ1n) is 6.26. The van der Waals surface area contributed by atoms with Gasteiger partial charge in [0.15, 0.2) is 0 Å². The molecule has 0 saturated carbocycles. The largest absolute Gasteiger partial charge is 0.318 e. The van der Waals surface area contributed by atoms with Crippen LogP contribution in [0.15, 0.2) is 59.8 Å². The van der Waals surface area contributed by atoms with E-state index in [0.29, 0.717) is 5.52 Å². The number of imidazole rings is 1. The summed E-state index contributed by atoms with van der Waals surface area (Å²) >= 11 is 0. The molecule has 0 amide bonds. The van der Waals surface area contributed by atoms with E-state index in [1.54, 1.807) is 23.7 Å². The van der Waals surface area contributed by atoms with Crippen molar-refractivity contribution in [3.8, 4) is 0 Å². The Hall–Kier alpha value is -2.14. The second-order valence-corrected chi connectivity index (χ2v) is 6.57. The van der Waals surface area contributed by atoms with Gasteiger partial charge < -0.3 is 4.57 Å². The lowest BCUT2D eigenvalue weighted by Gasteiger charge is -2.04. The highest BCUT2D eigenvalue weighted by Crippen LogP contribution is 2.20. The lowest BCUT2D eigenvalue weighted by molar-refractivity contribution is 0.580. The number of rotatable bonds is 3. The summed E-state index contributed by atoms with van der Waals surface area (Å²) in [6.45, 7) is 0. The van der Waals surface area contributed by atoms with Gasteiger partial charge >= 0.3 is 0 Å². The van der Waals surface area contributed by atoms with Crippen LogP contribution in [-0.4, -0.2) is 18.0 Å². The van der Waals surface area contributed by atoms with Gasteiger partial charge in [-0.15, -0.1) is 0 Å². The Kier molecular flexibility index (Phi) is 3.06. The molecule has 1 aromatic heterocycles. The maximum atomic E-state index is 12.5. The summed E-state index contributed by atoms with van der Waals surface area (Å²) in [7, 11) is -1.72. The summed E-state index contributed by atoms with van der Waals surface area (Å²) in [6.07, 6.45) is 0. The highest BCUT2D eigenvalue weighted by Gasteiger charge is 2.22. The van der Waals surface area contributed by atoms with Gasteiger partial charge in [0.1, 0.15) is 0 Å². The topological polar surface area (TPSA) is 52.0 Å². The van der Waals surface area contributed by atoms with Crippen LogP contribution in [-0.2, 0) is 22.6 Å². The third kappa shape index (κ3) is 2.20. The molecule has 2 aromatic carbocycles. The molecule has 0 atom stereocenters. The van der Waals surface area contributed by atoms with Crippen molar-refractivity contribution in [1.29, 1.82) is 0 Å². The first-order valence-corrected chi connectivity index (χ1v) is 7.91. The van der Waals surface area contributed by atoms with Crippen LogP contribution in [0, 0.1) is 0 Å². The Labute approximate surface area is 117 Å². The molecule has 1 heterocycles. The van der Waals surface area contributed by atoms with Crippen molar-refractivity contribution < 1.29 is 8.42 Å². The van der Waals surface area contributed by atoms with Crippen molar-refractivity contribution in [3.63, 3.8) is 0 Å². The van der Waals surface area contributed by atoms with E-state index < -0.39 is 9.84 Å². The molecule has 3 rings (SSSR count). The molecular weight excluding hydrogens is 272 g/mol. The summed E-state index contributed by atoms with van der Waals surface area (Å²) in [5.41, 5.74) is 2.28. The molecule has 0 spiro atoms. The highest BCUT2D eigenvalue weighted by molar-refractivity contribution is 7.90. The zero-order valence-electron chi connectivity index (χ0n) is 11.0. The second kappa shape index (κ2) is 4.76. The Bertz CT molecular complexity index is 852. The number of para-hydroxylation sites is 2. The quantitative estimate of drug-likeness (QED) is 0.743. The van der Waals surface area contributed by atoms with Gasteiger partial charge in [0.2, 0.25) is 15.0 Å². The van der Waals surface area contributed by atoms with Crippen molar-refractivity contribution in [1.82, 2.24) is 9.55 Å². The molecule has 0 aliphatic heterocycles. The van der Waals surface area contributed by atoms with Crippen LogP contribution in [0.3, 0.4) is 0 Å². The minimum Gasteiger partial charge on any atom is -0.318 e. The average Bonchev–Trinajstić information content (AvgIpc) is 2.78. The van der Waals surface area contributed by atoms with E-state index in [2.05, 4.69) is 4.98 Å². The molecule has 0 N–H and O–H groups in total. The Morgan fingerprint density at radius 2 is 1.65 bits per heavy atom. The number of nitrogens with zero attached hydrogens (tertiary/aromatic N) is 2. The Morgan fingerprint density at radius 3 is 2.35 bits per heavy atom. The minimum atomic E-state index is -3.45. The maximum absolute atomic E-state index is 12.5. The molecule has 4 nitrogen and oxygen atoms in total. The molecule has 20 heavy (non-hydrogen) atoms. The molecule has 0 bridgehead atoms. The van der Waals surface area contributed by atoms with E-state index in [-0.39, 0.29) is 10.9 Å². The van der Waals surface area contributed by atoms with Crippen molar-refractivity contribution in [2.24, 2.45) is 7.05 Å². The average molecular weight is 286 g/mol. The predicted octanol–water partition coefficient (Wildman–Crippen LogP) is 2.55. The fourth-order valence-corrected chi connectivity index (χ4v) is 3.77. The van der Waals surface area contributed by atoms with E-state index in [4.69, 9.17) is 0 Å². The molecule has 0 radical (unpaired) electrons. The van der Waals surface area contributed by atoms with Gasteiger partial charge in [0.05, 0.1) is 16.8 Å². The van der Waals surface area contributed by atoms with Crippen LogP contribution in [0.4, 0.5) is 0 Å². The lowest BCUT2D eigenvalue weighted by Crippen LogP contribution is -2.10. The Morgan fingerprint density at radius 1 is 1.00 bits per heavy atom. The van der Waals surface area contributed by atoms with Crippen LogP contribution in [0.1, 0.15) is 5.56 Å². The Balaban J connectivity index is 2.08. The molecule has 0 fully saturated rings. The van der Waals surface area contributed by atoms with Crippen molar-refractivity contribution in [2.45, 2.75) is 10.9 Å². The summed E-state index contributed by atoms with van der Waals surface area (Å²) < 4.78 is 26.6. The molecule has 0 aliphatic carbocycles. The summed E-state index contributed by atoms with van der Waals surface area (Å²) in [5.74, 6) is -0.0367. The van der Waals surface area contributed by atoms with Crippen molar-refractivity contribution >= 4 is 20.9 Å². The normalized spacial score (nSPS) is 11.8. The van der Waals surface area contributed by atoms with Crippen molar-refractivity contribution in [3.05, 3.63) is 60.2 Å². The van der Waals surface area contributed by atoms with E-state index in [9.17, 15) is 8.42 Å². The molecule has 0 unspecified atom stereocenters. The standard InChI is InChI=1S/C15H14N2O2S/c1-17-14-10-6-5-9-13(14)16-15(17)20(18,19)11-12-7-3-2-4-8-12/h2-10H,11H2,1H3. The minimum absolute atomic E-state index is 0.0367. The SMILES string of the molecule is Cn1c(S(=O)(=O)Cc2ccccc2)nc2ccccc21. The van der Waals surface area contributed by atoms with Crippen LogP contribution >= 0.6 is 0 Å². The first kappa shape index (κ1) is 12.9. The summed E-state index contributed by atoms with van der Waals surface area (Å²) in [5, 5.41) is 0.113. The molecular formula is C15H14N2O2S. The highest BCUT2D eigenvalue weighted by atomic mass is 32.2. The van der Waals surface area contributed by atoms with Crippen molar-refractivity contribution in [2.75, 3.05) is 0 Å². The number of hydrogen-bond donors (Lipinski definition) is 0. The van der Waals surface area contributed by atoms with Gasteiger partial charge in [-0.25, -0.2) is 13.4 Å². The van der Waals surface area contributed by atoms with Gasteiger partial charge in [0.25, 0.3) is 0 Å². The zero-order valence-corrected chi connectivity index (χ0v) is 11.8. The fourth-order valence-electron chi connectivity index (χ4n) is 2.26. The monoisotopic (exact) mass is 286 g/mol. The van der Waals surface area contributed by atoms with Crippen LogP contribution in [0.2, 0.25) is 0 Å².